The highest BCUT2D eigenvalue weighted by molar-refractivity contribution is 4.97. The van der Waals surface area contributed by atoms with Crippen LogP contribution in [0.15, 0.2) is 0 Å². The fourth-order valence-electron chi connectivity index (χ4n) is 2.54. The second-order valence-corrected chi connectivity index (χ2v) is 4.70. The topological polar surface area (TPSA) is 29.3 Å². The van der Waals surface area contributed by atoms with Crippen molar-refractivity contribution >= 4 is 0 Å². The van der Waals surface area contributed by atoms with Gasteiger partial charge in [-0.15, -0.1) is 0 Å². The standard InChI is InChI=1S/C10H20N2/c1-12-7-2-4-9(12)8-10(11)5-3-6-10/h9H,2-8,11H2,1H3. The van der Waals surface area contributed by atoms with E-state index in [1.165, 1.54) is 45.1 Å². The molecular formula is C10H20N2. The Balaban J connectivity index is 1.85. The Morgan fingerprint density at radius 3 is 2.58 bits per heavy atom. The van der Waals surface area contributed by atoms with E-state index in [1.54, 1.807) is 0 Å². The molecule has 0 spiro atoms. The van der Waals surface area contributed by atoms with Gasteiger partial charge in [0.25, 0.3) is 0 Å². The summed E-state index contributed by atoms with van der Waals surface area (Å²) in [5.74, 6) is 0. The van der Waals surface area contributed by atoms with Crippen LogP contribution in [-0.2, 0) is 0 Å². The molecule has 0 aromatic rings. The zero-order valence-electron chi connectivity index (χ0n) is 8.05. The monoisotopic (exact) mass is 168 g/mol. The summed E-state index contributed by atoms with van der Waals surface area (Å²) in [7, 11) is 2.24. The third-order valence-electron chi connectivity index (χ3n) is 3.66. The molecule has 0 aromatic carbocycles. The van der Waals surface area contributed by atoms with Crippen molar-refractivity contribution in [1.29, 1.82) is 0 Å². The van der Waals surface area contributed by atoms with Crippen LogP contribution >= 0.6 is 0 Å². The van der Waals surface area contributed by atoms with Crippen LogP contribution in [0.5, 0.6) is 0 Å². The van der Waals surface area contributed by atoms with Gasteiger partial charge in [-0.2, -0.15) is 0 Å². The Bertz CT molecular complexity index is 163. The average Bonchev–Trinajstić information content (AvgIpc) is 2.34. The van der Waals surface area contributed by atoms with Gasteiger partial charge in [-0.25, -0.2) is 0 Å². The van der Waals surface area contributed by atoms with Crippen LogP contribution < -0.4 is 5.73 Å². The van der Waals surface area contributed by atoms with Crippen LogP contribution in [0.2, 0.25) is 0 Å². The maximum absolute atomic E-state index is 6.22. The van der Waals surface area contributed by atoms with Crippen molar-refractivity contribution in [3.63, 3.8) is 0 Å². The predicted molar refractivity (Wildman–Crippen MR) is 51.0 cm³/mol. The summed E-state index contributed by atoms with van der Waals surface area (Å²) in [5.41, 5.74) is 6.44. The summed E-state index contributed by atoms with van der Waals surface area (Å²) in [5, 5.41) is 0. The molecule has 1 heterocycles. The molecule has 0 aromatic heterocycles. The van der Waals surface area contributed by atoms with Gasteiger partial charge in [-0.3, -0.25) is 0 Å². The Hall–Kier alpha value is -0.0800. The van der Waals surface area contributed by atoms with Crippen molar-refractivity contribution in [3.05, 3.63) is 0 Å². The molecule has 2 fully saturated rings. The van der Waals surface area contributed by atoms with Crippen LogP contribution in [-0.4, -0.2) is 30.1 Å². The van der Waals surface area contributed by atoms with Gasteiger partial charge < -0.3 is 10.6 Å². The van der Waals surface area contributed by atoms with Crippen molar-refractivity contribution in [2.75, 3.05) is 13.6 Å². The Morgan fingerprint density at radius 2 is 2.17 bits per heavy atom. The molecule has 2 aliphatic rings. The summed E-state index contributed by atoms with van der Waals surface area (Å²) < 4.78 is 0. The van der Waals surface area contributed by atoms with Gasteiger partial charge in [-0.05, 0) is 52.1 Å². The summed E-state index contributed by atoms with van der Waals surface area (Å²) >= 11 is 0. The van der Waals surface area contributed by atoms with E-state index < -0.39 is 0 Å². The molecule has 2 rings (SSSR count). The molecule has 1 saturated heterocycles. The van der Waals surface area contributed by atoms with Gasteiger partial charge in [0.15, 0.2) is 0 Å². The second-order valence-electron chi connectivity index (χ2n) is 4.70. The van der Waals surface area contributed by atoms with Gasteiger partial charge in [0.05, 0.1) is 0 Å². The number of hydrogen-bond donors (Lipinski definition) is 1. The van der Waals surface area contributed by atoms with Crippen molar-refractivity contribution in [1.82, 2.24) is 4.90 Å². The zero-order chi connectivity index (χ0) is 8.60. The van der Waals surface area contributed by atoms with Gasteiger partial charge in [0.1, 0.15) is 0 Å². The number of nitrogens with zero attached hydrogens (tertiary/aromatic N) is 1. The lowest BCUT2D eigenvalue weighted by Gasteiger charge is -2.41. The van der Waals surface area contributed by atoms with Gasteiger partial charge in [0.2, 0.25) is 0 Å². The fraction of sp³-hybridized carbons (Fsp3) is 1.00. The first kappa shape index (κ1) is 8.52. The van der Waals surface area contributed by atoms with Crippen LogP contribution in [0, 0.1) is 0 Å². The molecule has 2 heteroatoms. The smallest absolute Gasteiger partial charge is 0.0169 e. The molecule has 2 nitrogen and oxygen atoms in total. The van der Waals surface area contributed by atoms with E-state index in [-0.39, 0.29) is 5.54 Å². The number of likely N-dealkylation sites (tertiary alicyclic amines) is 1. The largest absolute Gasteiger partial charge is 0.325 e. The third-order valence-corrected chi connectivity index (χ3v) is 3.66. The van der Waals surface area contributed by atoms with E-state index in [2.05, 4.69) is 11.9 Å². The minimum atomic E-state index is 0.225. The van der Waals surface area contributed by atoms with Crippen molar-refractivity contribution in [2.45, 2.75) is 50.1 Å². The summed E-state index contributed by atoms with van der Waals surface area (Å²) in [6.07, 6.45) is 7.86. The predicted octanol–water partition coefficient (Wildman–Crippen LogP) is 1.35. The van der Waals surface area contributed by atoms with E-state index in [0.29, 0.717) is 0 Å². The molecule has 0 bridgehead atoms. The maximum Gasteiger partial charge on any atom is 0.0169 e. The minimum absolute atomic E-state index is 0.225. The second kappa shape index (κ2) is 3.00. The lowest BCUT2D eigenvalue weighted by molar-refractivity contribution is 0.168. The van der Waals surface area contributed by atoms with Crippen molar-refractivity contribution in [3.8, 4) is 0 Å². The quantitative estimate of drug-likeness (QED) is 0.674. The van der Waals surface area contributed by atoms with Crippen LogP contribution in [0.4, 0.5) is 0 Å². The molecule has 70 valence electrons. The lowest BCUT2D eigenvalue weighted by Crippen LogP contribution is -2.50. The van der Waals surface area contributed by atoms with Crippen LogP contribution in [0.3, 0.4) is 0 Å². The van der Waals surface area contributed by atoms with Crippen molar-refractivity contribution in [2.24, 2.45) is 5.73 Å². The Kier molecular flexibility index (Phi) is 2.13. The van der Waals surface area contributed by atoms with Crippen molar-refractivity contribution < 1.29 is 0 Å². The Labute approximate surface area is 75.1 Å². The molecule has 1 aliphatic heterocycles. The first-order valence-corrected chi connectivity index (χ1v) is 5.19. The molecule has 12 heavy (non-hydrogen) atoms. The fourth-order valence-corrected chi connectivity index (χ4v) is 2.54. The normalized spacial score (nSPS) is 35.0. The SMILES string of the molecule is CN1CCCC1CC1(N)CCC1. The molecule has 1 atom stereocenters. The van der Waals surface area contributed by atoms with E-state index in [9.17, 15) is 0 Å². The molecule has 2 N–H and O–H groups in total. The van der Waals surface area contributed by atoms with E-state index in [1.807, 2.05) is 0 Å². The minimum Gasteiger partial charge on any atom is -0.325 e. The summed E-state index contributed by atoms with van der Waals surface area (Å²) in [6.45, 7) is 1.28. The van der Waals surface area contributed by atoms with Gasteiger partial charge >= 0.3 is 0 Å². The lowest BCUT2D eigenvalue weighted by atomic mass is 9.73. The molecule has 0 radical (unpaired) electrons. The zero-order valence-corrected chi connectivity index (χ0v) is 8.05. The number of rotatable bonds is 2. The molecule has 1 unspecified atom stereocenters. The first-order chi connectivity index (χ1) is 5.70. The number of nitrogens with two attached hydrogens (primary N) is 1. The molecule has 1 saturated carbocycles. The highest BCUT2D eigenvalue weighted by Gasteiger charge is 2.36. The van der Waals surface area contributed by atoms with E-state index >= 15 is 0 Å². The molecule has 1 aliphatic carbocycles. The van der Waals surface area contributed by atoms with Crippen LogP contribution in [0.1, 0.15) is 38.5 Å². The summed E-state index contributed by atoms with van der Waals surface area (Å²) in [6, 6.07) is 0.787. The number of hydrogen-bond acceptors (Lipinski definition) is 2. The summed E-state index contributed by atoms with van der Waals surface area (Å²) in [4.78, 5) is 2.48. The highest BCUT2D eigenvalue weighted by Crippen LogP contribution is 2.36. The third kappa shape index (κ3) is 1.50. The van der Waals surface area contributed by atoms with Gasteiger partial charge in [-0.1, -0.05) is 0 Å². The average molecular weight is 168 g/mol. The molecule has 0 amide bonds. The molecular weight excluding hydrogens is 148 g/mol. The van der Waals surface area contributed by atoms with Crippen LogP contribution in [0.25, 0.3) is 0 Å². The highest BCUT2D eigenvalue weighted by atomic mass is 15.1. The Morgan fingerprint density at radius 1 is 1.42 bits per heavy atom. The first-order valence-electron chi connectivity index (χ1n) is 5.19. The van der Waals surface area contributed by atoms with E-state index in [0.717, 1.165) is 6.04 Å². The van der Waals surface area contributed by atoms with Gasteiger partial charge in [0, 0.05) is 11.6 Å². The van der Waals surface area contributed by atoms with E-state index in [4.69, 9.17) is 5.73 Å². The maximum atomic E-state index is 6.22.